The summed E-state index contributed by atoms with van der Waals surface area (Å²) in [6, 6.07) is 21.1. The first-order valence-corrected chi connectivity index (χ1v) is 9.70. The first kappa shape index (κ1) is 19.7. The number of methoxy groups -OCH3 is 1. The summed E-state index contributed by atoms with van der Waals surface area (Å²) in [5.41, 5.74) is 2.13. The van der Waals surface area contributed by atoms with Crippen LogP contribution in [0.25, 0.3) is 22.0 Å². The van der Waals surface area contributed by atoms with E-state index in [-0.39, 0.29) is 11.3 Å². The highest BCUT2D eigenvalue weighted by Gasteiger charge is 2.19. The molecule has 0 unspecified atom stereocenters. The number of aromatic nitrogens is 1. The van der Waals surface area contributed by atoms with E-state index in [0.717, 1.165) is 5.52 Å². The molecule has 5 nitrogen and oxygen atoms in total. The Morgan fingerprint density at radius 3 is 2.30 bits per heavy atom. The fourth-order valence-electron chi connectivity index (χ4n) is 3.44. The van der Waals surface area contributed by atoms with E-state index in [1.54, 1.807) is 49.6 Å². The number of carbonyl (C=O) groups is 1. The predicted molar refractivity (Wildman–Crippen MR) is 121 cm³/mol. The molecule has 1 aromatic heterocycles. The van der Waals surface area contributed by atoms with Gasteiger partial charge in [0.05, 0.1) is 18.2 Å². The van der Waals surface area contributed by atoms with Gasteiger partial charge in [-0.3, -0.25) is 9.59 Å². The van der Waals surface area contributed by atoms with Crippen molar-refractivity contribution in [1.29, 1.82) is 0 Å². The first-order valence-electron chi connectivity index (χ1n) is 9.32. The van der Waals surface area contributed by atoms with E-state index in [2.05, 4.69) is 5.32 Å². The Balaban J connectivity index is 1.92. The molecule has 0 saturated carbocycles. The maximum atomic E-state index is 13.4. The summed E-state index contributed by atoms with van der Waals surface area (Å²) >= 11 is 5.93. The van der Waals surface area contributed by atoms with Crippen LogP contribution in [0.4, 0.5) is 5.82 Å². The van der Waals surface area contributed by atoms with E-state index >= 15 is 0 Å². The molecule has 0 spiro atoms. The number of fused-ring (bicyclic) bond motifs is 1. The van der Waals surface area contributed by atoms with Crippen LogP contribution in [-0.2, 0) is 7.05 Å². The molecule has 1 N–H and O–H groups in total. The zero-order valence-corrected chi connectivity index (χ0v) is 17.2. The second-order valence-electron chi connectivity index (χ2n) is 6.82. The van der Waals surface area contributed by atoms with Gasteiger partial charge >= 0.3 is 0 Å². The minimum Gasteiger partial charge on any atom is -0.497 e. The molecule has 3 aromatic carbocycles. The molecule has 30 heavy (non-hydrogen) atoms. The van der Waals surface area contributed by atoms with E-state index in [9.17, 15) is 9.59 Å². The van der Waals surface area contributed by atoms with Crippen molar-refractivity contribution in [1.82, 2.24) is 4.57 Å². The molecule has 4 rings (SSSR count). The second kappa shape index (κ2) is 8.05. The number of aryl methyl sites for hydroxylation is 1. The smallest absolute Gasteiger partial charge is 0.256 e. The minimum atomic E-state index is -0.327. The molecule has 4 aromatic rings. The van der Waals surface area contributed by atoms with Crippen LogP contribution >= 0.6 is 11.6 Å². The van der Waals surface area contributed by atoms with Crippen LogP contribution in [0, 0.1) is 0 Å². The van der Waals surface area contributed by atoms with Crippen LogP contribution in [-0.4, -0.2) is 17.6 Å². The van der Waals surface area contributed by atoms with Crippen molar-refractivity contribution in [3.63, 3.8) is 0 Å². The van der Waals surface area contributed by atoms with Gasteiger partial charge in [0.1, 0.15) is 11.6 Å². The Morgan fingerprint density at radius 1 is 0.967 bits per heavy atom. The van der Waals surface area contributed by atoms with Crippen molar-refractivity contribution in [3.05, 3.63) is 93.6 Å². The largest absolute Gasteiger partial charge is 0.497 e. The number of amides is 1. The second-order valence-corrected chi connectivity index (χ2v) is 7.25. The van der Waals surface area contributed by atoms with Gasteiger partial charge in [0.2, 0.25) is 0 Å². The average molecular weight is 419 g/mol. The Morgan fingerprint density at radius 2 is 1.63 bits per heavy atom. The number of nitrogens with one attached hydrogen (secondary N) is 1. The van der Waals surface area contributed by atoms with Crippen LogP contribution in [0.3, 0.4) is 0 Å². The van der Waals surface area contributed by atoms with Crippen molar-refractivity contribution in [2.24, 2.45) is 7.05 Å². The molecule has 0 saturated heterocycles. The zero-order chi connectivity index (χ0) is 21.3. The quantitative estimate of drug-likeness (QED) is 0.500. The van der Waals surface area contributed by atoms with Crippen LogP contribution in [0.5, 0.6) is 5.75 Å². The van der Waals surface area contributed by atoms with E-state index in [0.29, 0.717) is 38.7 Å². The number of para-hydroxylation sites is 1. The Hall–Kier alpha value is -3.57. The molecular formula is C24H19ClN2O3. The molecule has 150 valence electrons. The van der Waals surface area contributed by atoms with Gasteiger partial charge in [-0.05, 0) is 54.1 Å². The highest BCUT2D eigenvalue weighted by molar-refractivity contribution is 6.30. The van der Waals surface area contributed by atoms with E-state index in [4.69, 9.17) is 16.3 Å². The Bertz CT molecular complexity index is 1290. The zero-order valence-electron chi connectivity index (χ0n) is 16.5. The number of ether oxygens (including phenoxy) is 1. The number of hydrogen-bond donors (Lipinski definition) is 1. The minimum absolute atomic E-state index is 0.153. The summed E-state index contributed by atoms with van der Waals surface area (Å²) < 4.78 is 7.05. The lowest BCUT2D eigenvalue weighted by atomic mass is 10.0. The highest BCUT2D eigenvalue weighted by Crippen LogP contribution is 2.30. The lowest BCUT2D eigenvalue weighted by molar-refractivity contribution is 0.102. The summed E-state index contributed by atoms with van der Waals surface area (Å²) in [6.07, 6.45) is 0. The third-order valence-corrected chi connectivity index (χ3v) is 5.28. The molecule has 0 fully saturated rings. The number of halogens is 1. The third-order valence-electron chi connectivity index (χ3n) is 5.03. The fourth-order valence-corrected chi connectivity index (χ4v) is 3.57. The molecule has 0 bridgehead atoms. The highest BCUT2D eigenvalue weighted by atomic mass is 35.5. The summed E-state index contributed by atoms with van der Waals surface area (Å²) in [5.74, 6) is 0.777. The maximum Gasteiger partial charge on any atom is 0.256 e. The van der Waals surface area contributed by atoms with Crippen LogP contribution < -0.4 is 15.5 Å². The Kier molecular flexibility index (Phi) is 5.29. The van der Waals surface area contributed by atoms with E-state index < -0.39 is 0 Å². The average Bonchev–Trinajstić information content (AvgIpc) is 2.78. The predicted octanol–water partition coefficient (Wildman–Crippen LogP) is 5.12. The Labute approximate surface area is 178 Å². The van der Waals surface area contributed by atoms with Gasteiger partial charge in [0, 0.05) is 23.0 Å². The van der Waals surface area contributed by atoms with Gasteiger partial charge < -0.3 is 14.6 Å². The van der Waals surface area contributed by atoms with E-state index in [1.807, 2.05) is 41.9 Å². The normalized spacial score (nSPS) is 10.8. The molecule has 0 aliphatic heterocycles. The number of hydrogen-bond acceptors (Lipinski definition) is 3. The van der Waals surface area contributed by atoms with Gasteiger partial charge in [0.15, 0.2) is 5.43 Å². The monoisotopic (exact) mass is 418 g/mol. The third kappa shape index (κ3) is 3.55. The summed E-state index contributed by atoms with van der Waals surface area (Å²) in [7, 11) is 3.41. The topological polar surface area (TPSA) is 60.3 Å². The van der Waals surface area contributed by atoms with Gasteiger partial charge in [-0.25, -0.2) is 0 Å². The number of rotatable bonds is 4. The van der Waals surface area contributed by atoms with Crippen LogP contribution in [0.1, 0.15) is 10.4 Å². The lowest BCUT2D eigenvalue weighted by Crippen LogP contribution is -2.21. The lowest BCUT2D eigenvalue weighted by Gasteiger charge is -2.18. The van der Waals surface area contributed by atoms with E-state index in [1.165, 1.54) is 0 Å². The van der Waals surface area contributed by atoms with Gasteiger partial charge in [-0.2, -0.15) is 0 Å². The molecule has 0 radical (unpaired) electrons. The first-order chi connectivity index (χ1) is 14.5. The number of nitrogens with zero attached hydrogens (tertiary/aromatic N) is 1. The number of benzene rings is 3. The summed E-state index contributed by atoms with van der Waals surface area (Å²) in [5, 5.41) is 4.05. The molecule has 0 aliphatic rings. The number of anilines is 1. The summed E-state index contributed by atoms with van der Waals surface area (Å²) in [4.78, 5) is 26.3. The van der Waals surface area contributed by atoms with Gasteiger partial charge in [-0.1, -0.05) is 35.9 Å². The molecule has 0 aliphatic carbocycles. The van der Waals surface area contributed by atoms with Gasteiger partial charge in [-0.15, -0.1) is 0 Å². The van der Waals surface area contributed by atoms with Crippen molar-refractivity contribution in [2.45, 2.75) is 0 Å². The van der Waals surface area contributed by atoms with Crippen molar-refractivity contribution in [2.75, 3.05) is 12.4 Å². The SMILES string of the molecule is COc1ccc(-c2c(NC(=O)c3ccc(Cl)cc3)n(C)c3ccccc3c2=O)cc1. The summed E-state index contributed by atoms with van der Waals surface area (Å²) in [6.45, 7) is 0. The molecule has 1 amide bonds. The standard InChI is InChI=1S/C24H19ClN2O3/c1-27-20-6-4-3-5-19(20)22(28)21(15-9-13-18(30-2)14-10-15)23(27)26-24(29)16-7-11-17(25)12-8-16/h3-14H,1-2H3,(H,26,29). The van der Waals surface area contributed by atoms with Crippen molar-refractivity contribution >= 4 is 34.2 Å². The van der Waals surface area contributed by atoms with Gasteiger partial charge in [0.25, 0.3) is 5.91 Å². The fraction of sp³-hybridized carbons (Fsp3) is 0.0833. The maximum absolute atomic E-state index is 13.4. The molecule has 1 heterocycles. The van der Waals surface area contributed by atoms with Crippen molar-refractivity contribution < 1.29 is 9.53 Å². The number of carbonyl (C=O) groups excluding carboxylic acids is 1. The van der Waals surface area contributed by atoms with Crippen LogP contribution in [0.2, 0.25) is 5.02 Å². The molecular weight excluding hydrogens is 400 g/mol. The molecule has 6 heteroatoms. The van der Waals surface area contributed by atoms with Crippen molar-refractivity contribution in [3.8, 4) is 16.9 Å². The number of pyridine rings is 1. The van der Waals surface area contributed by atoms with Crippen LogP contribution in [0.15, 0.2) is 77.6 Å². The molecule has 0 atom stereocenters.